The number of nitrogens with zero attached hydrogens (tertiary/aromatic N) is 1. The minimum atomic E-state index is -0.0959. The molecule has 0 aliphatic heterocycles. The first-order chi connectivity index (χ1) is 12.7. The van der Waals surface area contributed by atoms with Crippen molar-refractivity contribution in [1.82, 2.24) is 9.97 Å². The molecule has 0 radical (unpaired) electrons. The van der Waals surface area contributed by atoms with Crippen LogP contribution in [0.3, 0.4) is 0 Å². The molecule has 26 heavy (non-hydrogen) atoms. The molecule has 2 aromatic heterocycles. The van der Waals surface area contributed by atoms with Crippen molar-refractivity contribution in [3.05, 3.63) is 88.7 Å². The summed E-state index contributed by atoms with van der Waals surface area (Å²) in [7, 11) is 0. The van der Waals surface area contributed by atoms with Gasteiger partial charge in [0.25, 0.3) is 5.56 Å². The highest BCUT2D eigenvalue weighted by Gasteiger charge is 2.15. The number of aromatic amines is 1. The molecule has 3 aromatic carbocycles. The van der Waals surface area contributed by atoms with E-state index in [0.29, 0.717) is 5.39 Å². The predicted molar refractivity (Wildman–Crippen MR) is 108 cm³/mol. The molecule has 3 heteroatoms. The average Bonchev–Trinajstić information content (AvgIpc) is 2.67. The summed E-state index contributed by atoms with van der Waals surface area (Å²) in [5.74, 6) is 0. The van der Waals surface area contributed by atoms with E-state index in [9.17, 15) is 4.79 Å². The van der Waals surface area contributed by atoms with Gasteiger partial charge in [-0.15, -0.1) is 0 Å². The molecule has 0 aliphatic carbocycles. The summed E-state index contributed by atoms with van der Waals surface area (Å²) in [5.41, 5.74) is 4.54. The summed E-state index contributed by atoms with van der Waals surface area (Å²) in [5, 5.41) is 3.54. The van der Waals surface area contributed by atoms with Crippen molar-refractivity contribution in [1.29, 1.82) is 0 Å². The Morgan fingerprint density at radius 3 is 2.35 bits per heavy atom. The van der Waals surface area contributed by atoms with Crippen LogP contribution >= 0.6 is 0 Å². The molecule has 5 rings (SSSR count). The van der Waals surface area contributed by atoms with Gasteiger partial charge in [0, 0.05) is 16.3 Å². The van der Waals surface area contributed by atoms with Crippen LogP contribution in [0.2, 0.25) is 0 Å². The van der Waals surface area contributed by atoms with Gasteiger partial charge in [-0.2, -0.15) is 0 Å². The van der Waals surface area contributed by atoms with Crippen LogP contribution in [0.4, 0.5) is 0 Å². The predicted octanol–water partition coefficient (Wildman–Crippen LogP) is 5.20. The summed E-state index contributed by atoms with van der Waals surface area (Å²) in [6, 6.07) is 24.2. The topological polar surface area (TPSA) is 45.8 Å². The van der Waals surface area contributed by atoms with E-state index in [1.54, 1.807) is 0 Å². The maximum atomic E-state index is 12.9. The number of hydrogen-bond donors (Lipinski definition) is 1. The van der Waals surface area contributed by atoms with Crippen LogP contribution in [-0.4, -0.2) is 9.97 Å². The third-order valence-electron chi connectivity index (χ3n) is 4.86. The van der Waals surface area contributed by atoms with Crippen LogP contribution in [0.25, 0.3) is 43.8 Å². The zero-order valence-electron chi connectivity index (χ0n) is 14.3. The number of rotatable bonds is 1. The van der Waals surface area contributed by atoms with Gasteiger partial charge in [0.15, 0.2) is 0 Å². The van der Waals surface area contributed by atoms with Crippen molar-refractivity contribution >= 4 is 32.6 Å². The maximum absolute atomic E-state index is 12.9. The molecule has 124 valence electrons. The van der Waals surface area contributed by atoms with E-state index in [1.165, 1.54) is 0 Å². The number of aromatic nitrogens is 2. The number of H-pyrrole nitrogens is 1. The Morgan fingerprint density at radius 1 is 0.808 bits per heavy atom. The molecule has 0 saturated heterocycles. The number of pyridine rings is 2. The first-order valence-electron chi connectivity index (χ1n) is 8.63. The van der Waals surface area contributed by atoms with Gasteiger partial charge in [0.05, 0.1) is 22.1 Å². The normalized spacial score (nSPS) is 11.4. The van der Waals surface area contributed by atoms with E-state index >= 15 is 0 Å². The third-order valence-corrected chi connectivity index (χ3v) is 4.86. The van der Waals surface area contributed by atoms with Crippen molar-refractivity contribution in [2.45, 2.75) is 6.92 Å². The molecule has 0 bridgehead atoms. The molecule has 0 aliphatic rings. The smallest absolute Gasteiger partial charge is 0.258 e. The quantitative estimate of drug-likeness (QED) is 0.427. The van der Waals surface area contributed by atoms with E-state index < -0.39 is 0 Å². The van der Waals surface area contributed by atoms with Crippen molar-refractivity contribution < 1.29 is 0 Å². The lowest BCUT2D eigenvalue weighted by Gasteiger charge is -2.11. The Balaban J connectivity index is 2.06. The Kier molecular flexibility index (Phi) is 3.16. The number of benzene rings is 3. The third kappa shape index (κ3) is 2.14. The van der Waals surface area contributed by atoms with Gasteiger partial charge in [-0.3, -0.25) is 4.79 Å². The summed E-state index contributed by atoms with van der Waals surface area (Å²) < 4.78 is 0. The average molecular weight is 336 g/mol. The van der Waals surface area contributed by atoms with Crippen molar-refractivity contribution in [3.8, 4) is 11.3 Å². The molecular weight excluding hydrogens is 320 g/mol. The lowest BCUT2D eigenvalue weighted by atomic mass is 9.99. The Morgan fingerprint density at radius 2 is 1.54 bits per heavy atom. The number of aryl methyl sites for hydroxylation is 1. The number of nitrogens with one attached hydrogen (secondary N) is 1. The lowest BCUT2D eigenvalue weighted by molar-refractivity contribution is 1.32. The fraction of sp³-hybridized carbons (Fsp3) is 0.0435. The fourth-order valence-electron chi connectivity index (χ4n) is 3.66. The summed E-state index contributed by atoms with van der Waals surface area (Å²) >= 11 is 0. The summed E-state index contributed by atoms with van der Waals surface area (Å²) in [6.07, 6.45) is 0. The standard InChI is InChI=1S/C23H16N2O/c1-14-11-12-18-19(13-14)24-23(26)20-16-9-5-6-10-17(16)21(25-22(18)20)15-7-3-2-4-8-15/h2-13H,1H3,(H,24,26). The van der Waals surface area contributed by atoms with Crippen molar-refractivity contribution in [2.75, 3.05) is 0 Å². The molecule has 0 amide bonds. The highest BCUT2D eigenvalue weighted by atomic mass is 16.1. The minimum Gasteiger partial charge on any atom is -0.321 e. The Labute approximate surface area is 149 Å². The van der Waals surface area contributed by atoms with Gasteiger partial charge in [-0.25, -0.2) is 4.98 Å². The van der Waals surface area contributed by atoms with E-state index in [4.69, 9.17) is 4.98 Å². The Hall–Kier alpha value is -3.46. The monoisotopic (exact) mass is 336 g/mol. The van der Waals surface area contributed by atoms with Gasteiger partial charge in [-0.05, 0) is 23.9 Å². The van der Waals surface area contributed by atoms with Crippen LogP contribution in [0.1, 0.15) is 5.56 Å². The number of fused-ring (bicyclic) bond motifs is 5. The first-order valence-corrected chi connectivity index (χ1v) is 8.63. The maximum Gasteiger partial charge on any atom is 0.258 e. The molecule has 0 fully saturated rings. The molecule has 1 N–H and O–H groups in total. The summed E-state index contributed by atoms with van der Waals surface area (Å²) in [4.78, 5) is 20.9. The largest absolute Gasteiger partial charge is 0.321 e. The molecule has 3 nitrogen and oxygen atoms in total. The highest BCUT2D eigenvalue weighted by Crippen LogP contribution is 2.33. The van der Waals surface area contributed by atoms with Crippen LogP contribution < -0.4 is 5.56 Å². The molecule has 0 spiro atoms. The molecule has 5 aromatic rings. The summed E-state index contributed by atoms with van der Waals surface area (Å²) in [6.45, 7) is 2.02. The molecule has 0 atom stereocenters. The molecule has 0 saturated carbocycles. The van der Waals surface area contributed by atoms with Crippen molar-refractivity contribution in [2.24, 2.45) is 0 Å². The Bertz CT molecular complexity index is 1350. The van der Waals surface area contributed by atoms with Gasteiger partial charge >= 0.3 is 0 Å². The van der Waals surface area contributed by atoms with Crippen molar-refractivity contribution in [3.63, 3.8) is 0 Å². The lowest BCUT2D eigenvalue weighted by Crippen LogP contribution is -2.08. The van der Waals surface area contributed by atoms with Crippen LogP contribution in [-0.2, 0) is 0 Å². The van der Waals surface area contributed by atoms with E-state index in [2.05, 4.69) is 23.2 Å². The fourth-order valence-corrected chi connectivity index (χ4v) is 3.66. The van der Waals surface area contributed by atoms with Crippen LogP contribution in [0.15, 0.2) is 77.6 Å². The van der Waals surface area contributed by atoms with E-state index in [0.717, 1.165) is 44.0 Å². The van der Waals surface area contributed by atoms with Gasteiger partial charge in [0.2, 0.25) is 0 Å². The molecular formula is C23H16N2O. The minimum absolute atomic E-state index is 0.0959. The second-order valence-electron chi connectivity index (χ2n) is 6.60. The van der Waals surface area contributed by atoms with Gasteiger partial charge in [0.1, 0.15) is 0 Å². The zero-order chi connectivity index (χ0) is 17.7. The van der Waals surface area contributed by atoms with E-state index in [-0.39, 0.29) is 5.56 Å². The molecule has 0 unspecified atom stereocenters. The van der Waals surface area contributed by atoms with Gasteiger partial charge < -0.3 is 4.98 Å². The highest BCUT2D eigenvalue weighted by molar-refractivity contribution is 6.16. The van der Waals surface area contributed by atoms with Crippen LogP contribution in [0.5, 0.6) is 0 Å². The SMILES string of the molecule is Cc1ccc2c(c1)[nH]c(=O)c1c3ccccc3c(-c3ccccc3)nc21. The molecule has 2 heterocycles. The number of hydrogen-bond acceptors (Lipinski definition) is 2. The zero-order valence-corrected chi connectivity index (χ0v) is 14.3. The second kappa shape index (κ2) is 5.53. The van der Waals surface area contributed by atoms with Gasteiger partial charge in [-0.1, -0.05) is 66.7 Å². The van der Waals surface area contributed by atoms with E-state index in [1.807, 2.05) is 61.5 Å². The van der Waals surface area contributed by atoms with Crippen LogP contribution in [0, 0.1) is 6.92 Å². The first kappa shape index (κ1) is 14.8. The second-order valence-corrected chi connectivity index (χ2v) is 6.60.